The first-order valence-electron chi connectivity index (χ1n) is 9.46. The van der Waals surface area contributed by atoms with Gasteiger partial charge in [0.1, 0.15) is 18.0 Å². The first-order valence-corrected chi connectivity index (χ1v) is 9.46. The number of nitrogens with one attached hydrogen (secondary N) is 2. The Kier molecular flexibility index (Phi) is 8.68. The number of carbonyl (C=O) groups is 3. The highest BCUT2D eigenvalue weighted by Gasteiger charge is 2.19. The van der Waals surface area contributed by atoms with E-state index in [0.29, 0.717) is 24.3 Å². The molecule has 1 atom stereocenters. The number of hydrogen-bond donors (Lipinski definition) is 2. The molecule has 8 heteroatoms. The second-order valence-corrected chi connectivity index (χ2v) is 6.40. The van der Waals surface area contributed by atoms with E-state index in [-0.39, 0.29) is 6.54 Å². The van der Waals surface area contributed by atoms with E-state index in [1.54, 1.807) is 31.4 Å². The Labute approximate surface area is 175 Å². The minimum absolute atomic E-state index is 0.303. The van der Waals surface area contributed by atoms with Crippen LogP contribution in [0, 0.1) is 0 Å². The molecule has 160 valence electrons. The fraction of sp³-hybridized carbons (Fsp3) is 0.318. The largest absolute Gasteiger partial charge is 0.497 e. The van der Waals surface area contributed by atoms with Gasteiger partial charge < -0.3 is 24.8 Å². The van der Waals surface area contributed by atoms with Crippen molar-refractivity contribution in [2.75, 3.05) is 27.3 Å². The van der Waals surface area contributed by atoms with Gasteiger partial charge in [-0.15, -0.1) is 0 Å². The molecule has 2 N–H and O–H groups in total. The van der Waals surface area contributed by atoms with Crippen LogP contribution in [0.5, 0.6) is 11.5 Å². The molecule has 2 amide bonds. The van der Waals surface area contributed by atoms with E-state index in [2.05, 4.69) is 10.6 Å². The molecule has 0 aliphatic heterocycles. The summed E-state index contributed by atoms with van der Waals surface area (Å²) in [5.41, 5.74) is 1.34. The molecule has 0 heterocycles. The van der Waals surface area contributed by atoms with Crippen LogP contribution >= 0.6 is 0 Å². The average Bonchev–Trinajstić information content (AvgIpc) is 2.77. The molecule has 2 aromatic carbocycles. The Morgan fingerprint density at radius 2 is 1.63 bits per heavy atom. The van der Waals surface area contributed by atoms with Crippen molar-refractivity contribution in [3.63, 3.8) is 0 Å². The Hall–Kier alpha value is -3.55. The highest BCUT2D eigenvalue weighted by molar-refractivity contribution is 5.98. The van der Waals surface area contributed by atoms with E-state index >= 15 is 0 Å². The normalized spacial score (nSPS) is 11.2. The standard InChI is InChI=1S/C22H26N2O6/c1-15(21(26)23-13-12-16-8-10-17(28-2)11-9-16)30-20(25)14-24-22(27)18-6-4-5-7-19(18)29-3/h4-11,15H,12-14H2,1-3H3,(H,23,26)(H,24,27)/t15-/m1/s1. The average molecular weight is 414 g/mol. The van der Waals surface area contributed by atoms with Gasteiger partial charge in [0.25, 0.3) is 11.8 Å². The summed E-state index contributed by atoms with van der Waals surface area (Å²) in [6.07, 6.45) is -0.345. The molecule has 0 fully saturated rings. The Morgan fingerprint density at radius 1 is 0.933 bits per heavy atom. The van der Waals surface area contributed by atoms with E-state index in [0.717, 1.165) is 11.3 Å². The van der Waals surface area contributed by atoms with Crippen molar-refractivity contribution < 1.29 is 28.6 Å². The number of carbonyl (C=O) groups excluding carboxylic acids is 3. The van der Waals surface area contributed by atoms with Gasteiger partial charge in [-0.1, -0.05) is 24.3 Å². The summed E-state index contributed by atoms with van der Waals surface area (Å²) < 4.78 is 15.3. The van der Waals surface area contributed by atoms with Crippen molar-refractivity contribution in [3.8, 4) is 11.5 Å². The third-order valence-electron chi connectivity index (χ3n) is 4.29. The summed E-state index contributed by atoms with van der Waals surface area (Å²) in [5, 5.41) is 5.18. The fourth-order valence-electron chi connectivity index (χ4n) is 2.64. The fourth-order valence-corrected chi connectivity index (χ4v) is 2.64. The number of ether oxygens (including phenoxy) is 3. The molecule has 0 bridgehead atoms. The lowest BCUT2D eigenvalue weighted by Gasteiger charge is -2.14. The second-order valence-electron chi connectivity index (χ2n) is 6.40. The Bertz CT molecular complexity index is 866. The number of amides is 2. The quantitative estimate of drug-likeness (QED) is 0.574. The molecule has 2 rings (SSSR count). The molecule has 0 unspecified atom stereocenters. The van der Waals surface area contributed by atoms with Gasteiger partial charge in [0.15, 0.2) is 6.10 Å². The molecule has 30 heavy (non-hydrogen) atoms. The minimum atomic E-state index is -0.975. The van der Waals surface area contributed by atoms with Gasteiger partial charge in [-0.2, -0.15) is 0 Å². The molecule has 0 saturated heterocycles. The number of esters is 1. The zero-order chi connectivity index (χ0) is 21.9. The third-order valence-corrected chi connectivity index (χ3v) is 4.29. The molecule has 0 aromatic heterocycles. The maximum Gasteiger partial charge on any atom is 0.326 e. The van der Waals surface area contributed by atoms with Gasteiger partial charge in [-0.3, -0.25) is 14.4 Å². The van der Waals surface area contributed by atoms with Crippen molar-refractivity contribution in [1.29, 1.82) is 0 Å². The number of para-hydroxylation sites is 1. The summed E-state index contributed by atoms with van der Waals surface area (Å²) in [4.78, 5) is 36.2. The lowest BCUT2D eigenvalue weighted by molar-refractivity contribution is -0.153. The first-order chi connectivity index (χ1) is 14.4. The summed E-state index contributed by atoms with van der Waals surface area (Å²) in [7, 11) is 3.05. The van der Waals surface area contributed by atoms with E-state index < -0.39 is 23.9 Å². The molecule has 0 aliphatic carbocycles. The van der Waals surface area contributed by atoms with Gasteiger partial charge in [-0.25, -0.2) is 0 Å². The van der Waals surface area contributed by atoms with Crippen molar-refractivity contribution >= 4 is 17.8 Å². The lowest BCUT2D eigenvalue weighted by Crippen LogP contribution is -2.39. The lowest BCUT2D eigenvalue weighted by atomic mass is 10.1. The van der Waals surface area contributed by atoms with E-state index in [1.807, 2.05) is 24.3 Å². The molecule has 2 aromatic rings. The van der Waals surface area contributed by atoms with E-state index in [4.69, 9.17) is 14.2 Å². The van der Waals surface area contributed by atoms with Crippen LogP contribution in [-0.4, -0.2) is 51.2 Å². The van der Waals surface area contributed by atoms with Crippen LogP contribution < -0.4 is 20.1 Å². The second kappa shape index (κ2) is 11.5. The van der Waals surface area contributed by atoms with E-state index in [9.17, 15) is 14.4 Å². The van der Waals surface area contributed by atoms with Crippen molar-refractivity contribution in [1.82, 2.24) is 10.6 Å². The van der Waals surface area contributed by atoms with Crippen LogP contribution in [0.3, 0.4) is 0 Å². The van der Waals surface area contributed by atoms with Gasteiger partial charge >= 0.3 is 5.97 Å². The molecule has 0 radical (unpaired) electrons. The number of hydrogen-bond acceptors (Lipinski definition) is 6. The highest BCUT2D eigenvalue weighted by atomic mass is 16.5. The number of benzene rings is 2. The van der Waals surface area contributed by atoms with Crippen LogP contribution in [0.15, 0.2) is 48.5 Å². The molecule has 0 spiro atoms. The number of methoxy groups -OCH3 is 2. The summed E-state index contributed by atoms with van der Waals surface area (Å²) in [5.74, 6) is -0.431. The topological polar surface area (TPSA) is 103 Å². The van der Waals surface area contributed by atoms with Crippen LogP contribution in [0.25, 0.3) is 0 Å². The summed E-state index contributed by atoms with van der Waals surface area (Å²) in [6, 6.07) is 14.2. The van der Waals surface area contributed by atoms with Gasteiger partial charge in [0.05, 0.1) is 19.8 Å². The first kappa shape index (κ1) is 22.7. The summed E-state index contributed by atoms with van der Waals surface area (Å²) in [6.45, 7) is 1.51. The van der Waals surface area contributed by atoms with Crippen LogP contribution in [0.1, 0.15) is 22.8 Å². The molecule has 0 saturated carbocycles. The Balaban J connectivity index is 1.72. The smallest absolute Gasteiger partial charge is 0.326 e. The summed E-state index contributed by atoms with van der Waals surface area (Å²) >= 11 is 0. The predicted octanol–water partition coefficient (Wildman–Crippen LogP) is 1.72. The predicted molar refractivity (Wildman–Crippen MR) is 111 cm³/mol. The van der Waals surface area contributed by atoms with Crippen LogP contribution in [-0.2, 0) is 20.7 Å². The van der Waals surface area contributed by atoms with Crippen LogP contribution in [0.2, 0.25) is 0 Å². The molecular weight excluding hydrogens is 388 g/mol. The van der Waals surface area contributed by atoms with E-state index in [1.165, 1.54) is 14.0 Å². The van der Waals surface area contributed by atoms with Crippen molar-refractivity contribution in [2.45, 2.75) is 19.4 Å². The monoisotopic (exact) mass is 414 g/mol. The van der Waals surface area contributed by atoms with Gasteiger partial charge in [-0.05, 0) is 43.2 Å². The molecule has 8 nitrogen and oxygen atoms in total. The zero-order valence-electron chi connectivity index (χ0n) is 17.3. The third kappa shape index (κ3) is 6.80. The van der Waals surface area contributed by atoms with Gasteiger partial charge in [0, 0.05) is 6.54 Å². The van der Waals surface area contributed by atoms with Crippen molar-refractivity contribution in [3.05, 3.63) is 59.7 Å². The van der Waals surface area contributed by atoms with Crippen LogP contribution in [0.4, 0.5) is 0 Å². The maximum atomic E-state index is 12.2. The molecular formula is C22H26N2O6. The maximum absolute atomic E-state index is 12.2. The highest BCUT2D eigenvalue weighted by Crippen LogP contribution is 2.16. The van der Waals surface area contributed by atoms with Gasteiger partial charge in [0.2, 0.25) is 0 Å². The van der Waals surface area contributed by atoms with Crippen molar-refractivity contribution in [2.24, 2.45) is 0 Å². The Morgan fingerprint density at radius 3 is 2.30 bits per heavy atom. The minimum Gasteiger partial charge on any atom is -0.497 e. The zero-order valence-corrected chi connectivity index (χ0v) is 17.3. The number of rotatable bonds is 10. The molecule has 0 aliphatic rings. The SMILES string of the molecule is COc1ccc(CCNC(=O)[C@@H](C)OC(=O)CNC(=O)c2ccccc2OC)cc1.